The summed E-state index contributed by atoms with van der Waals surface area (Å²) < 4.78 is 67.1. The lowest BCUT2D eigenvalue weighted by atomic mass is 10.0. The number of benzene rings is 3. The van der Waals surface area contributed by atoms with E-state index in [2.05, 4.69) is 5.32 Å². The van der Waals surface area contributed by atoms with E-state index in [4.69, 9.17) is 0 Å². The van der Waals surface area contributed by atoms with Gasteiger partial charge in [0, 0.05) is 24.8 Å². The molecule has 160 valence electrons. The van der Waals surface area contributed by atoms with Crippen LogP contribution in [0, 0.1) is 17.5 Å². The number of carbonyl (C=O) groups excluding carboxylic acids is 1. The first kappa shape index (κ1) is 21.1. The molecule has 0 fully saturated rings. The number of fused-ring (bicyclic) bond motifs is 1. The van der Waals surface area contributed by atoms with Crippen molar-refractivity contribution in [3.8, 4) is 0 Å². The molecule has 0 aromatic heterocycles. The van der Waals surface area contributed by atoms with Crippen molar-refractivity contribution < 1.29 is 26.4 Å². The third kappa shape index (κ3) is 4.33. The minimum atomic E-state index is -3.82. The van der Waals surface area contributed by atoms with Gasteiger partial charge >= 0.3 is 0 Å². The van der Waals surface area contributed by atoms with E-state index < -0.39 is 33.4 Å². The Balaban J connectivity index is 1.55. The third-order valence-electron chi connectivity index (χ3n) is 5.07. The number of carbonyl (C=O) groups is 1. The van der Waals surface area contributed by atoms with Crippen LogP contribution in [0.2, 0.25) is 0 Å². The fourth-order valence-electron chi connectivity index (χ4n) is 3.44. The molecular formula is C22H17F3N2O3S. The quantitative estimate of drug-likeness (QED) is 0.656. The predicted molar refractivity (Wildman–Crippen MR) is 108 cm³/mol. The molecule has 1 heterocycles. The van der Waals surface area contributed by atoms with Crippen molar-refractivity contribution in [1.82, 2.24) is 4.31 Å². The molecule has 0 atom stereocenters. The van der Waals surface area contributed by atoms with E-state index in [-0.39, 0.29) is 23.5 Å². The van der Waals surface area contributed by atoms with Crippen molar-refractivity contribution in [1.29, 1.82) is 0 Å². The topological polar surface area (TPSA) is 66.5 Å². The number of rotatable bonds is 4. The molecular weight excluding hydrogens is 429 g/mol. The van der Waals surface area contributed by atoms with E-state index in [1.807, 2.05) is 0 Å². The van der Waals surface area contributed by atoms with E-state index >= 15 is 0 Å². The zero-order chi connectivity index (χ0) is 22.2. The van der Waals surface area contributed by atoms with Gasteiger partial charge in [0.1, 0.15) is 17.5 Å². The van der Waals surface area contributed by atoms with Crippen LogP contribution in [0.15, 0.2) is 65.6 Å². The van der Waals surface area contributed by atoms with Crippen molar-refractivity contribution in [3.05, 3.63) is 94.8 Å². The van der Waals surface area contributed by atoms with Gasteiger partial charge in [0.25, 0.3) is 5.91 Å². The highest BCUT2D eigenvalue weighted by atomic mass is 32.2. The molecule has 1 aliphatic rings. The summed E-state index contributed by atoms with van der Waals surface area (Å²) >= 11 is 0. The molecule has 1 aliphatic heterocycles. The van der Waals surface area contributed by atoms with Crippen LogP contribution in [0.5, 0.6) is 0 Å². The Morgan fingerprint density at radius 1 is 0.871 bits per heavy atom. The summed E-state index contributed by atoms with van der Waals surface area (Å²) in [5.41, 5.74) is 1.67. The zero-order valence-electron chi connectivity index (χ0n) is 16.1. The largest absolute Gasteiger partial charge is 0.322 e. The molecule has 9 heteroatoms. The minimum Gasteiger partial charge on any atom is -0.322 e. The van der Waals surface area contributed by atoms with Crippen LogP contribution in [-0.2, 0) is 23.0 Å². The van der Waals surface area contributed by atoms with E-state index in [0.717, 1.165) is 29.8 Å². The number of nitrogens with one attached hydrogen (secondary N) is 1. The smallest absolute Gasteiger partial charge is 0.258 e. The first-order chi connectivity index (χ1) is 14.7. The number of nitrogens with zero attached hydrogens (tertiary/aromatic N) is 1. The maximum atomic E-state index is 13.8. The van der Waals surface area contributed by atoms with Gasteiger partial charge in [-0.25, -0.2) is 21.6 Å². The van der Waals surface area contributed by atoms with E-state index in [1.54, 1.807) is 18.2 Å². The van der Waals surface area contributed by atoms with Gasteiger partial charge in [0.2, 0.25) is 10.0 Å². The zero-order valence-corrected chi connectivity index (χ0v) is 16.9. The second-order valence-corrected chi connectivity index (χ2v) is 9.04. The molecule has 0 bridgehead atoms. The molecule has 0 spiro atoms. The molecule has 0 radical (unpaired) electrons. The fourth-order valence-corrected chi connectivity index (χ4v) is 4.86. The molecule has 4 rings (SSSR count). The van der Waals surface area contributed by atoms with E-state index in [1.165, 1.54) is 16.4 Å². The van der Waals surface area contributed by atoms with Crippen LogP contribution in [0.1, 0.15) is 21.5 Å². The van der Waals surface area contributed by atoms with Gasteiger partial charge in [-0.3, -0.25) is 4.79 Å². The van der Waals surface area contributed by atoms with E-state index in [9.17, 15) is 26.4 Å². The summed E-state index contributed by atoms with van der Waals surface area (Å²) in [6.45, 7) is 0.336. The highest BCUT2D eigenvalue weighted by molar-refractivity contribution is 7.89. The van der Waals surface area contributed by atoms with Gasteiger partial charge in [-0.15, -0.1) is 0 Å². The molecule has 1 amide bonds. The summed E-state index contributed by atoms with van der Waals surface area (Å²) in [6, 6.07) is 12.3. The number of hydrogen-bond acceptors (Lipinski definition) is 3. The maximum absolute atomic E-state index is 13.8. The molecule has 0 saturated carbocycles. The monoisotopic (exact) mass is 446 g/mol. The Hall–Kier alpha value is -3.17. The van der Waals surface area contributed by atoms with Gasteiger partial charge in [0.05, 0.1) is 10.5 Å². The normalized spacial score (nSPS) is 14.2. The Bertz CT molecular complexity index is 1260. The summed E-state index contributed by atoms with van der Waals surface area (Å²) in [5, 5.41) is 2.55. The first-order valence-electron chi connectivity index (χ1n) is 9.38. The van der Waals surface area contributed by atoms with Crippen LogP contribution in [-0.4, -0.2) is 25.2 Å². The Morgan fingerprint density at radius 2 is 1.58 bits per heavy atom. The molecule has 5 nitrogen and oxygen atoms in total. The summed E-state index contributed by atoms with van der Waals surface area (Å²) in [6.07, 6.45) is 0.469. The molecule has 31 heavy (non-hydrogen) atoms. The lowest BCUT2D eigenvalue weighted by molar-refractivity contribution is 0.102. The number of hydrogen-bond donors (Lipinski definition) is 1. The summed E-state index contributed by atoms with van der Waals surface area (Å²) in [4.78, 5) is 12.3. The second-order valence-electron chi connectivity index (χ2n) is 7.10. The van der Waals surface area contributed by atoms with Gasteiger partial charge < -0.3 is 5.32 Å². The standard InChI is InChI=1S/C22H17F3N2O3S/c23-16-2-6-19(7-3-16)31(29,30)27-10-9-14-1-5-18(11-15(14)13-27)26-22(28)20-8-4-17(24)12-21(20)25/h1-8,11-12H,9-10,13H2,(H,26,28). The second kappa shape index (κ2) is 8.16. The van der Waals surface area contributed by atoms with Crippen molar-refractivity contribution in [2.75, 3.05) is 11.9 Å². The number of anilines is 1. The lowest BCUT2D eigenvalue weighted by Gasteiger charge is -2.28. The Kier molecular flexibility index (Phi) is 5.55. The molecule has 0 unspecified atom stereocenters. The first-order valence-corrected chi connectivity index (χ1v) is 10.8. The van der Waals surface area contributed by atoms with E-state index in [0.29, 0.717) is 23.7 Å². The average Bonchev–Trinajstić information content (AvgIpc) is 2.73. The van der Waals surface area contributed by atoms with Crippen LogP contribution >= 0.6 is 0 Å². The van der Waals surface area contributed by atoms with Crippen LogP contribution < -0.4 is 5.32 Å². The lowest BCUT2D eigenvalue weighted by Crippen LogP contribution is -2.36. The molecule has 1 N–H and O–H groups in total. The number of halogens is 3. The highest BCUT2D eigenvalue weighted by Gasteiger charge is 2.28. The average molecular weight is 446 g/mol. The van der Waals surface area contributed by atoms with Crippen molar-refractivity contribution >= 4 is 21.6 Å². The molecule has 0 aliphatic carbocycles. The van der Waals surface area contributed by atoms with Gasteiger partial charge in [-0.05, 0) is 66.1 Å². The molecule has 3 aromatic rings. The Labute approximate surface area is 177 Å². The number of sulfonamides is 1. The van der Waals surface area contributed by atoms with Crippen LogP contribution in [0.3, 0.4) is 0 Å². The number of amides is 1. The fraction of sp³-hybridized carbons (Fsp3) is 0.136. The van der Waals surface area contributed by atoms with Crippen molar-refractivity contribution in [2.24, 2.45) is 0 Å². The maximum Gasteiger partial charge on any atom is 0.258 e. The Morgan fingerprint density at radius 3 is 2.29 bits per heavy atom. The van der Waals surface area contributed by atoms with Gasteiger partial charge in [0.15, 0.2) is 0 Å². The molecule has 0 saturated heterocycles. The van der Waals surface area contributed by atoms with Gasteiger partial charge in [-0.2, -0.15) is 4.31 Å². The third-order valence-corrected chi connectivity index (χ3v) is 6.93. The van der Waals surface area contributed by atoms with Crippen molar-refractivity contribution in [3.63, 3.8) is 0 Å². The van der Waals surface area contributed by atoms with Crippen molar-refractivity contribution in [2.45, 2.75) is 17.9 Å². The molecule has 3 aromatic carbocycles. The van der Waals surface area contributed by atoms with Crippen LogP contribution in [0.4, 0.5) is 18.9 Å². The predicted octanol–water partition coefficient (Wildman–Crippen LogP) is 4.10. The van der Waals surface area contributed by atoms with Gasteiger partial charge in [-0.1, -0.05) is 6.07 Å². The minimum absolute atomic E-state index is 0.00593. The van der Waals surface area contributed by atoms with Crippen LogP contribution in [0.25, 0.3) is 0 Å². The summed E-state index contributed by atoms with van der Waals surface area (Å²) in [7, 11) is -3.82. The summed E-state index contributed by atoms with van der Waals surface area (Å²) in [5.74, 6) is -3.04. The SMILES string of the molecule is O=C(Nc1ccc2c(c1)CN(S(=O)(=O)c1ccc(F)cc1)CC2)c1ccc(F)cc1F. The highest BCUT2D eigenvalue weighted by Crippen LogP contribution is 2.27.